The quantitative estimate of drug-likeness (QED) is 0.302. The van der Waals surface area contributed by atoms with Gasteiger partial charge in [0.1, 0.15) is 36.4 Å². The number of piperidine rings is 1. The lowest BCUT2D eigenvalue weighted by Crippen LogP contribution is -2.36. The average Bonchev–Trinajstić information content (AvgIpc) is 3.44. The molecule has 0 aliphatic carbocycles. The predicted octanol–water partition coefficient (Wildman–Crippen LogP) is 5.37. The highest BCUT2D eigenvalue weighted by Crippen LogP contribution is 2.35. The number of halogens is 1. The topological polar surface area (TPSA) is 84.9 Å². The second-order valence-electron chi connectivity index (χ2n) is 9.77. The Bertz CT molecular complexity index is 1420. The van der Waals surface area contributed by atoms with Gasteiger partial charge >= 0.3 is 0 Å². The predicted molar refractivity (Wildman–Crippen MR) is 155 cm³/mol. The van der Waals surface area contributed by atoms with E-state index in [1.807, 2.05) is 41.8 Å². The molecule has 2 aliphatic rings. The van der Waals surface area contributed by atoms with Gasteiger partial charge in [0.2, 0.25) is 0 Å². The second kappa shape index (κ2) is 11.9. The number of rotatable bonds is 8. The van der Waals surface area contributed by atoms with E-state index in [0.717, 1.165) is 85.4 Å². The van der Waals surface area contributed by atoms with E-state index in [1.165, 1.54) is 0 Å². The first-order valence-electron chi connectivity index (χ1n) is 13.2. The molecule has 2 aromatic heterocycles. The molecule has 1 N–H and O–H groups in total. The Morgan fingerprint density at radius 1 is 1.08 bits per heavy atom. The van der Waals surface area contributed by atoms with E-state index in [1.54, 1.807) is 17.7 Å². The lowest BCUT2D eigenvalue weighted by molar-refractivity contribution is 0.116. The van der Waals surface area contributed by atoms with E-state index in [4.69, 9.17) is 30.8 Å². The molecule has 9 nitrogen and oxygen atoms in total. The summed E-state index contributed by atoms with van der Waals surface area (Å²) in [4.78, 5) is 18.3. The van der Waals surface area contributed by atoms with Gasteiger partial charge in [0, 0.05) is 37.2 Å². The summed E-state index contributed by atoms with van der Waals surface area (Å²) < 4.78 is 17.9. The van der Waals surface area contributed by atoms with Crippen LogP contribution in [0.2, 0.25) is 5.02 Å². The number of thiazole rings is 1. The molecule has 0 bridgehead atoms. The molecule has 39 heavy (non-hydrogen) atoms. The molecular weight excluding hydrogens is 536 g/mol. The van der Waals surface area contributed by atoms with Gasteiger partial charge in [0.05, 0.1) is 34.8 Å². The maximum Gasteiger partial charge on any atom is 0.185 e. The first-order valence-corrected chi connectivity index (χ1v) is 14.4. The molecule has 2 aromatic carbocycles. The summed E-state index contributed by atoms with van der Waals surface area (Å²) in [5.74, 6) is 2.06. The average molecular weight is 567 g/mol. The highest BCUT2D eigenvalue weighted by atomic mass is 35.5. The SMILES string of the molecule is CN1CCC(Oc2cccc3ncnc(Nc4ccc(OCc5csc(N6CCOCC6)n5)c(Cl)c4)c23)CC1. The van der Waals surface area contributed by atoms with Crippen LogP contribution in [0.3, 0.4) is 0 Å². The van der Waals surface area contributed by atoms with Crippen LogP contribution in [0.5, 0.6) is 11.5 Å². The molecule has 2 saturated heterocycles. The summed E-state index contributed by atoms with van der Waals surface area (Å²) >= 11 is 8.24. The van der Waals surface area contributed by atoms with E-state index >= 15 is 0 Å². The van der Waals surface area contributed by atoms with Crippen LogP contribution >= 0.6 is 22.9 Å². The molecule has 11 heteroatoms. The van der Waals surface area contributed by atoms with E-state index in [9.17, 15) is 0 Å². The summed E-state index contributed by atoms with van der Waals surface area (Å²) in [6.07, 6.45) is 3.72. The third-order valence-electron chi connectivity index (χ3n) is 6.98. The first kappa shape index (κ1) is 26.1. The van der Waals surface area contributed by atoms with Crippen LogP contribution in [0.15, 0.2) is 48.1 Å². The molecule has 0 unspecified atom stereocenters. The van der Waals surface area contributed by atoms with Crippen LogP contribution in [0.25, 0.3) is 10.9 Å². The van der Waals surface area contributed by atoms with Crippen LogP contribution in [-0.2, 0) is 11.3 Å². The van der Waals surface area contributed by atoms with Crippen molar-refractivity contribution in [2.45, 2.75) is 25.6 Å². The van der Waals surface area contributed by atoms with Gasteiger partial charge < -0.3 is 29.3 Å². The van der Waals surface area contributed by atoms with E-state index in [-0.39, 0.29) is 6.10 Å². The molecule has 4 aromatic rings. The lowest BCUT2D eigenvalue weighted by Gasteiger charge is -2.29. The van der Waals surface area contributed by atoms with Crippen molar-refractivity contribution in [2.75, 3.05) is 56.7 Å². The van der Waals surface area contributed by atoms with Gasteiger partial charge in [-0.05, 0) is 50.2 Å². The number of hydrogen-bond acceptors (Lipinski definition) is 10. The Hall–Kier alpha value is -3.18. The Morgan fingerprint density at radius 3 is 2.74 bits per heavy atom. The lowest BCUT2D eigenvalue weighted by atomic mass is 10.1. The summed E-state index contributed by atoms with van der Waals surface area (Å²) in [5.41, 5.74) is 2.50. The maximum atomic E-state index is 6.61. The normalized spacial score (nSPS) is 16.9. The van der Waals surface area contributed by atoms with Crippen molar-refractivity contribution in [3.05, 3.63) is 58.8 Å². The van der Waals surface area contributed by atoms with Crippen LogP contribution in [0.1, 0.15) is 18.5 Å². The summed E-state index contributed by atoms with van der Waals surface area (Å²) in [6, 6.07) is 11.6. The van der Waals surface area contributed by atoms with Gasteiger partial charge in [0.25, 0.3) is 0 Å². The zero-order valence-corrected chi connectivity index (χ0v) is 23.4. The molecule has 0 amide bonds. The number of benzene rings is 2. The minimum absolute atomic E-state index is 0.174. The van der Waals surface area contributed by atoms with Gasteiger partial charge in [-0.15, -0.1) is 11.3 Å². The summed E-state index contributed by atoms with van der Waals surface area (Å²) in [6.45, 7) is 5.60. The van der Waals surface area contributed by atoms with Crippen molar-refractivity contribution >= 4 is 50.5 Å². The van der Waals surface area contributed by atoms with Crippen LogP contribution in [0.4, 0.5) is 16.6 Å². The fourth-order valence-corrected chi connectivity index (χ4v) is 5.90. The highest BCUT2D eigenvalue weighted by Gasteiger charge is 2.20. The van der Waals surface area contributed by atoms with Crippen LogP contribution in [0, 0.1) is 0 Å². The van der Waals surface area contributed by atoms with Crippen molar-refractivity contribution in [1.82, 2.24) is 19.9 Å². The minimum atomic E-state index is 0.174. The highest BCUT2D eigenvalue weighted by molar-refractivity contribution is 7.13. The van der Waals surface area contributed by atoms with Crippen molar-refractivity contribution < 1.29 is 14.2 Å². The van der Waals surface area contributed by atoms with Gasteiger partial charge in [-0.2, -0.15) is 0 Å². The fraction of sp³-hybridized carbons (Fsp3) is 0.393. The summed E-state index contributed by atoms with van der Waals surface area (Å²) in [7, 11) is 2.15. The Kier molecular flexibility index (Phi) is 7.96. The number of morpholine rings is 1. The molecule has 0 radical (unpaired) electrons. The van der Waals surface area contributed by atoms with E-state index in [0.29, 0.717) is 23.2 Å². The van der Waals surface area contributed by atoms with Gasteiger partial charge in [-0.25, -0.2) is 15.0 Å². The number of fused-ring (bicyclic) bond motifs is 1. The van der Waals surface area contributed by atoms with Crippen molar-refractivity contribution in [3.8, 4) is 11.5 Å². The molecule has 4 heterocycles. The molecule has 0 spiro atoms. The molecule has 6 rings (SSSR count). The molecule has 0 saturated carbocycles. The Morgan fingerprint density at radius 2 is 1.92 bits per heavy atom. The molecule has 0 atom stereocenters. The molecule has 2 aliphatic heterocycles. The Balaban J connectivity index is 1.14. The van der Waals surface area contributed by atoms with Gasteiger partial charge in [-0.3, -0.25) is 0 Å². The minimum Gasteiger partial charge on any atom is -0.489 e. The number of ether oxygens (including phenoxy) is 3. The first-order chi connectivity index (χ1) is 19.1. The smallest absolute Gasteiger partial charge is 0.185 e. The summed E-state index contributed by atoms with van der Waals surface area (Å²) in [5, 5.41) is 7.80. The number of aromatic nitrogens is 3. The van der Waals surface area contributed by atoms with Crippen molar-refractivity contribution in [2.24, 2.45) is 0 Å². The maximum absolute atomic E-state index is 6.61. The number of likely N-dealkylation sites (tertiary alicyclic amines) is 1. The molecular formula is C28H31ClN6O3S. The third-order valence-corrected chi connectivity index (χ3v) is 8.22. The second-order valence-corrected chi connectivity index (χ2v) is 11.0. The molecule has 204 valence electrons. The third kappa shape index (κ3) is 6.19. The largest absolute Gasteiger partial charge is 0.489 e. The van der Waals surface area contributed by atoms with Gasteiger partial charge in [-0.1, -0.05) is 17.7 Å². The zero-order valence-electron chi connectivity index (χ0n) is 21.8. The van der Waals surface area contributed by atoms with Crippen molar-refractivity contribution in [1.29, 1.82) is 0 Å². The fourth-order valence-electron chi connectivity index (χ4n) is 4.80. The van der Waals surface area contributed by atoms with Crippen molar-refractivity contribution in [3.63, 3.8) is 0 Å². The standard InChI is InChI=1S/C28H31ClN6O3S/c1-34-9-7-21(8-10-34)38-25-4-2-3-23-26(25)27(31-18-30-23)32-19-5-6-24(22(29)15-19)37-16-20-17-39-28(33-20)35-11-13-36-14-12-35/h2-6,15,17-18,21H,7-14,16H2,1H3,(H,30,31,32). The monoisotopic (exact) mass is 566 g/mol. The number of nitrogens with zero attached hydrogens (tertiary/aromatic N) is 5. The number of nitrogens with one attached hydrogen (secondary N) is 1. The van der Waals surface area contributed by atoms with Crippen LogP contribution in [-0.4, -0.2) is 72.4 Å². The van der Waals surface area contributed by atoms with Gasteiger partial charge in [0.15, 0.2) is 5.13 Å². The Labute approximate surface area is 236 Å². The number of hydrogen-bond donors (Lipinski definition) is 1. The zero-order chi connectivity index (χ0) is 26.6. The molecule has 2 fully saturated rings. The van der Waals surface area contributed by atoms with E-state index in [2.05, 4.69) is 32.1 Å². The number of anilines is 3. The van der Waals surface area contributed by atoms with E-state index < -0.39 is 0 Å². The van der Waals surface area contributed by atoms with Crippen LogP contribution < -0.4 is 19.7 Å².